The summed E-state index contributed by atoms with van der Waals surface area (Å²) in [6, 6.07) is -0.715. The summed E-state index contributed by atoms with van der Waals surface area (Å²) < 4.78 is 5.89. The Balaban J connectivity index is 4.68. The van der Waals surface area contributed by atoms with Gasteiger partial charge in [0.15, 0.2) is 0 Å². The van der Waals surface area contributed by atoms with Crippen molar-refractivity contribution in [1.29, 1.82) is 0 Å². The fourth-order valence-electron chi connectivity index (χ4n) is 7.42. The smallest absolute Gasteiger partial charge is 0.306 e. The number of nitrogens with one attached hydrogen (secondary N) is 1. The second-order valence-corrected chi connectivity index (χ2v) is 16.9. The van der Waals surface area contributed by atoms with Crippen molar-refractivity contribution >= 4 is 11.9 Å². The van der Waals surface area contributed by atoms with E-state index >= 15 is 0 Å². The maximum absolute atomic E-state index is 13.1. The van der Waals surface area contributed by atoms with E-state index in [9.17, 15) is 19.8 Å². The van der Waals surface area contributed by atoms with Crippen LogP contribution in [0.3, 0.4) is 0 Å². The zero-order valence-electron chi connectivity index (χ0n) is 38.0. The second kappa shape index (κ2) is 45.2. The maximum atomic E-state index is 13.1. The highest BCUT2D eigenvalue weighted by atomic mass is 16.5. The van der Waals surface area contributed by atoms with E-state index in [1.807, 2.05) is 0 Å². The topological polar surface area (TPSA) is 95.9 Å². The number of esters is 1. The van der Waals surface area contributed by atoms with Crippen molar-refractivity contribution in [1.82, 2.24) is 5.32 Å². The number of ether oxygens (including phenoxy) is 1. The monoisotopic (exact) mass is 802 g/mol. The zero-order chi connectivity index (χ0) is 41.7. The summed E-state index contributed by atoms with van der Waals surface area (Å²) >= 11 is 0. The molecule has 3 atom stereocenters. The summed E-state index contributed by atoms with van der Waals surface area (Å²) in [5, 5.41) is 23.6. The number of rotatable bonds is 44. The van der Waals surface area contributed by atoms with E-state index in [2.05, 4.69) is 62.5 Å². The van der Waals surface area contributed by atoms with Crippen molar-refractivity contribution < 1.29 is 24.5 Å². The Morgan fingerprint density at radius 1 is 0.509 bits per heavy atom. The average Bonchev–Trinajstić information content (AvgIpc) is 3.20. The molecule has 57 heavy (non-hydrogen) atoms. The van der Waals surface area contributed by atoms with E-state index < -0.39 is 18.2 Å². The van der Waals surface area contributed by atoms with Crippen LogP contribution in [-0.4, -0.2) is 46.9 Å². The van der Waals surface area contributed by atoms with Crippen molar-refractivity contribution in [2.45, 2.75) is 270 Å². The number of carbonyl (C=O) groups is 2. The third kappa shape index (κ3) is 40.6. The molecule has 0 aromatic heterocycles. The van der Waals surface area contributed by atoms with Crippen LogP contribution in [0.4, 0.5) is 0 Å². The fraction of sp³-hybridized carbons (Fsp3) is 0.843. The molecular weight excluding hydrogens is 707 g/mol. The molecule has 3 N–H and O–H groups in total. The SMILES string of the molecule is CCCCCCCCC/C=C\CCCCCC(=O)OC(CCC/C=C/C=C/CCCCCCCCC)CC(=O)NC(CO)C(O)CCCCCCCCCCCC. The quantitative estimate of drug-likeness (QED) is 0.0247. The molecule has 0 spiro atoms. The summed E-state index contributed by atoms with van der Waals surface area (Å²) in [7, 11) is 0. The van der Waals surface area contributed by atoms with Gasteiger partial charge in [0.2, 0.25) is 5.91 Å². The largest absolute Gasteiger partial charge is 0.462 e. The van der Waals surface area contributed by atoms with Gasteiger partial charge in [-0.2, -0.15) is 0 Å². The number of hydrogen-bond donors (Lipinski definition) is 3. The molecule has 3 unspecified atom stereocenters. The lowest BCUT2D eigenvalue weighted by Gasteiger charge is -2.24. The van der Waals surface area contributed by atoms with Crippen LogP contribution >= 0.6 is 0 Å². The lowest BCUT2D eigenvalue weighted by Crippen LogP contribution is -2.46. The molecule has 0 bridgehead atoms. The summed E-state index contributed by atoms with van der Waals surface area (Å²) in [6.45, 7) is 6.44. The summed E-state index contributed by atoms with van der Waals surface area (Å²) in [4.78, 5) is 26.0. The first kappa shape index (κ1) is 55.1. The molecular formula is C51H95NO5. The number of amides is 1. The molecule has 0 aromatic rings. The first-order valence-corrected chi connectivity index (χ1v) is 24.7. The van der Waals surface area contributed by atoms with E-state index in [-0.39, 0.29) is 24.9 Å². The molecule has 0 rings (SSSR count). The van der Waals surface area contributed by atoms with E-state index in [4.69, 9.17) is 4.74 Å². The number of allylic oxidation sites excluding steroid dienone is 6. The van der Waals surface area contributed by atoms with Gasteiger partial charge in [0.25, 0.3) is 0 Å². The van der Waals surface area contributed by atoms with Crippen LogP contribution in [0, 0.1) is 0 Å². The van der Waals surface area contributed by atoms with Gasteiger partial charge in [-0.1, -0.05) is 205 Å². The predicted octanol–water partition coefficient (Wildman–Crippen LogP) is 14.5. The predicted molar refractivity (Wildman–Crippen MR) is 246 cm³/mol. The van der Waals surface area contributed by atoms with Gasteiger partial charge in [-0.05, 0) is 70.6 Å². The normalized spacial score (nSPS) is 13.6. The van der Waals surface area contributed by atoms with Gasteiger partial charge in [0.1, 0.15) is 6.10 Å². The van der Waals surface area contributed by atoms with Gasteiger partial charge in [-0.3, -0.25) is 9.59 Å². The minimum Gasteiger partial charge on any atom is -0.462 e. The van der Waals surface area contributed by atoms with Gasteiger partial charge in [0.05, 0.1) is 25.2 Å². The maximum Gasteiger partial charge on any atom is 0.306 e. The molecule has 0 aliphatic carbocycles. The van der Waals surface area contributed by atoms with E-state index in [0.29, 0.717) is 19.3 Å². The van der Waals surface area contributed by atoms with E-state index in [0.717, 1.165) is 70.6 Å². The third-order valence-electron chi connectivity index (χ3n) is 11.2. The highest BCUT2D eigenvalue weighted by molar-refractivity contribution is 5.77. The van der Waals surface area contributed by atoms with Crippen LogP contribution in [0.5, 0.6) is 0 Å². The first-order valence-electron chi connectivity index (χ1n) is 24.7. The van der Waals surface area contributed by atoms with Gasteiger partial charge in [0, 0.05) is 6.42 Å². The Hall–Kier alpha value is -1.92. The second-order valence-electron chi connectivity index (χ2n) is 16.9. The van der Waals surface area contributed by atoms with Crippen LogP contribution < -0.4 is 5.32 Å². The Morgan fingerprint density at radius 2 is 0.912 bits per heavy atom. The van der Waals surface area contributed by atoms with Crippen LogP contribution in [0.1, 0.15) is 252 Å². The van der Waals surface area contributed by atoms with Crippen molar-refractivity contribution in [3.8, 4) is 0 Å². The molecule has 0 aromatic carbocycles. The van der Waals surface area contributed by atoms with Crippen LogP contribution in [0.2, 0.25) is 0 Å². The van der Waals surface area contributed by atoms with Gasteiger partial charge in [-0.15, -0.1) is 0 Å². The van der Waals surface area contributed by atoms with Crippen LogP contribution in [-0.2, 0) is 14.3 Å². The number of unbranched alkanes of at least 4 members (excludes halogenated alkanes) is 27. The molecule has 6 nitrogen and oxygen atoms in total. The number of carbonyl (C=O) groups excluding carboxylic acids is 2. The molecule has 0 aliphatic rings. The number of hydrogen-bond acceptors (Lipinski definition) is 5. The van der Waals surface area contributed by atoms with Crippen molar-refractivity contribution in [3.05, 3.63) is 36.5 Å². The lowest BCUT2D eigenvalue weighted by atomic mass is 10.0. The van der Waals surface area contributed by atoms with Gasteiger partial charge >= 0.3 is 5.97 Å². The lowest BCUT2D eigenvalue weighted by molar-refractivity contribution is -0.151. The Morgan fingerprint density at radius 3 is 1.39 bits per heavy atom. The fourth-order valence-corrected chi connectivity index (χ4v) is 7.42. The highest BCUT2D eigenvalue weighted by Gasteiger charge is 2.24. The standard InChI is InChI=1S/C51H95NO5/c1-4-7-10-13-16-19-22-24-26-28-30-33-36-39-42-47(57-51(56)44-41-38-35-32-29-27-25-23-20-17-14-11-8-5-2)45-50(55)52-48(46-53)49(54)43-40-37-34-31-21-18-15-12-9-6-3/h26-30,33,47-49,53-54H,4-25,31-32,34-46H2,1-3H3,(H,52,55)/b28-26+,29-27-,33-30+. The molecule has 0 heterocycles. The average molecular weight is 802 g/mol. The number of aliphatic hydroxyl groups is 2. The van der Waals surface area contributed by atoms with E-state index in [1.165, 1.54) is 135 Å². The minimum absolute atomic E-state index is 0.0405. The highest BCUT2D eigenvalue weighted by Crippen LogP contribution is 2.16. The molecule has 334 valence electrons. The zero-order valence-corrected chi connectivity index (χ0v) is 38.0. The first-order chi connectivity index (χ1) is 28.0. The number of aliphatic hydroxyl groups excluding tert-OH is 2. The molecule has 0 radical (unpaired) electrons. The summed E-state index contributed by atoms with van der Waals surface area (Å²) in [5.74, 6) is -0.535. The molecule has 6 heteroatoms. The van der Waals surface area contributed by atoms with Crippen molar-refractivity contribution in [2.24, 2.45) is 0 Å². The van der Waals surface area contributed by atoms with Crippen molar-refractivity contribution in [3.63, 3.8) is 0 Å². The van der Waals surface area contributed by atoms with Crippen molar-refractivity contribution in [2.75, 3.05) is 6.61 Å². The summed E-state index contributed by atoms with van der Waals surface area (Å²) in [5.41, 5.74) is 0. The Kier molecular flexibility index (Phi) is 43.6. The molecule has 0 saturated heterocycles. The Bertz CT molecular complexity index is 946. The molecule has 1 amide bonds. The van der Waals surface area contributed by atoms with Crippen LogP contribution in [0.25, 0.3) is 0 Å². The third-order valence-corrected chi connectivity index (χ3v) is 11.2. The minimum atomic E-state index is -0.798. The summed E-state index contributed by atoms with van der Waals surface area (Å²) in [6.07, 6.45) is 52.1. The molecule has 0 fully saturated rings. The van der Waals surface area contributed by atoms with Gasteiger partial charge < -0.3 is 20.3 Å². The molecule has 0 aliphatic heterocycles. The molecule has 0 saturated carbocycles. The van der Waals surface area contributed by atoms with Crippen LogP contribution in [0.15, 0.2) is 36.5 Å². The Labute approximate surface area is 353 Å². The van der Waals surface area contributed by atoms with Gasteiger partial charge in [-0.25, -0.2) is 0 Å². The van der Waals surface area contributed by atoms with E-state index in [1.54, 1.807) is 0 Å².